The van der Waals surface area contributed by atoms with Crippen LogP contribution in [0.3, 0.4) is 0 Å². The number of amides is 1. The van der Waals surface area contributed by atoms with Crippen LogP contribution in [0.25, 0.3) is 10.2 Å². The van der Waals surface area contributed by atoms with E-state index in [4.69, 9.17) is 0 Å². The van der Waals surface area contributed by atoms with E-state index in [-0.39, 0.29) is 22.8 Å². The van der Waals surface area contributed by atoms with Crippen LogP contribution in [0.5, 0.6) is 0 Å². The summed E-state index contributed by atoms with van der Waals surface area (Å²) in [4.78, 5) is 24.4. The summed E-state index contributed by atoms with van der Waals surface area (Å²) in [6, 6.07) is 9.63. The Bertz CT molecular complexity index is 1310. The monoisotopic (exact) mass is 482 g/mol. The van der Waals surface area contributed by atoms with Gasteiger partial charge in [0, 0.05) is 24.7 Å². The lowest BCUT2D eigenvalue weighted by Gasteiger charge is -2.40. The topological polar surface area (TPSA) is 83.5 Å². The summed E-state index contributed by atoms with van der Waals surface area (Å²) in [5.41, 5.74) is 1.57. The molecule has 2 saturated heterocycles. The molecule has 2 aliphatic heterocycles. The summed E-state index contributed by atoms with van der Waals surface area (Å²) >= 11 is 1.47. The first-order valence-electron chi connectivity index (χ1n) is 11.1. The van der Waals surface area contributed by atoms with Crippen LogP contribution in [0.4, 0.5) is 0 Å². The molecule has 2 unspecified atom stereocenters. The van der Waals surface area contributed by atoms with Crippen molar-refractivity contribution in [1.29, 1.82) is 0 Å². The van der Waals surface area contributed by atoms with Crippen molar-refractivity contribution >= 4 is 37.5 Å². The maximum absolute atomic E-state index is 14.0. The molecule has 1 amide bonds. The molecule has 5 rings (SSSR count). The second kappa shape index (κ2) is 8.62. The molecule has 0 N–H and O–H groups in total. The Balaban J connectivity index is 1.55. The molecule has 4 heterocycles. The molecule has 1 aromatic carbocycles. The van der Waals surface area contributed by atoms with Gasteiger partial charge < -0.3 is 4.90 Å². The number of rotatable bonds is 5. The van der Waals surface area contributed by atoms with Gasteiger partial charge in [-0.3, -0.25) is 9.78 Å². The molecular weight excluding hydrogens is 456 g/mol. The predicted octanol–water partition coefficient (Wildman–Crippen LogP) is 3.76. The van der Waals surface area contributed by atoms with E-state index in [2.05, 4.69) is 16.5 Å². The van der Waals surface area contributed by atoms with E-state index in [1.54, 1.807) is 35.4 Å². The first kappa shape index (κ1) is 22.2. The van der Waals surface area contributed by atoms with Gasteiger partial charge in [-0.2, -0.15) is 4.31 Å². The molecule has 0 aliphatic carbocycles. The smallest absolute Gasteiger partial charge is 0.244 e. The lowest BCUT2D eigenvalue weighted by Crippen LogP contribution is -2.54. The van der Waals surface area contributed by atoms with Gasteiger partial charge in [0.1, 0.15) is 6.04 Å². The zero-order chi connectivity index (χ0) is 23.2. The van der Waals surface area contributed by atoms with Crippen LogP contribution in [0.1, 0.15) is 30.0 Å². The van der Waals surface area contributed by atoms with E-state index in [0.29, 0.717) is 25.9 Å². The summed E-state index contributed by atoms with van der Waals surface area (Å²) in [5, 5.41) is 0.887. The van der Waals surface area contributed by atoms with Gasteiger partial charge >= 0.3 is 0 Å². The maximum Gasteiger partial charge on any atom is 0.244 e. The molecule has 2 aromatic heterocycles. The molecule has 0 spiro atoms. The third kappa shape index (κ3) is 3.98. The van der Waals surface area contributed by atoms with Crippen molar-refractivity contribution in [2.24, 2.45) is 5.92 Å². The van der Waals surface area contributed by atoms with Crippen molar-refractivity contribution in [2.75, 3.05) is 6.54 Å². The number of carbonyl (C=O) groups excluding carboxylic acids is 1. The second-order valence-electron chi connectivity index (χ2n) is 8.65. The minimum Gasteiger partial charge on any atom is -0.335 e. The van der Waals surface area contributed by atoms with Gasteiger partial charge in [0.25, 0.3) is 0 Å². The molecule has 2 fully saturated rings. The Hall–Kier alpha value is -2.62. The van der Waals surface area contributed by atoms with E-state index in [1.807, 2.05) is 25.1 Å². The van der Waals surface area contributed by atoms with Gasteiger partial charge in [-0.1, -0.05) is 12.1 Å². The number of nitrogens with zero attached hydrogens (tertiary/aromatic N) is 4. The normalized spacial score (nSPS) is 24.1. The van der Waals surface area contributed by atoms with Crippen LogP contribution in [0.15, 0.2) is 60.1 Å². The van der Waals surface area contributed by atoms with Crippen LogP contribution < -0.4 is 0 Å². The van der Waals surface area contributed by atoms with Gasteiger partial charge in [0.15, 0.2) is 0 Å². The summed E-state index contributed by atoms with van der Waals surface area (Å²) in [7, 11) is -3.90. The van der Waals surface area contributed by atoms with Crippen molar-refractivity contribution in [3.8, 4) is 0 Å². The van der Waals surface area contributed by atoms with Crippen LogP contribution in [-0.4, -0.2) is 52.1 Å². The number of benzene rings is 1. The quantitative estimate of drug-likeness (QED) is 0.517. The molecule has 3 atom stereocenters. The summed E-state index contributed by atoms with van der Waals surface area (Å²) < 4.78 is 30.3. The highest BCUT2D eigenvalue weighted by Crippen LogP contribution is 2.38. The number of hydrogen-bond acceptors (Lipinski definition) is 6. The molecule has 2 aliphatic rings. The molecular formula is C24H26N4O3S2. The Morgan fingerprint density at radius 3 is 2.85 bits per heavy atom. The Labute approximate surface area is 197 Å². The molecule has 0 saturated carbocycles. The Morgan fingerprint density at radius 2 is 2.09 bits per heavy atom. The van der Waals surface area contributed by atoms with E-state index in [0.717, 1.165) is 27.3 Å². The van der Waals surface area contributed by atoms with Gasteiger partial charge in [-0.05, 0) is 56.5 Å². The fourth-order valence-corrected chi connectivity index (χ4v) is 7.87. The number of thiazole rings is 1. The lowest BCUT2D eigenvalue weighted by molar-refractivity contribution is -0.135. The Kier molecular flexibility index (Phi) is 5.80. The van der Waals surface area contributed by atoms with Crippen molar-refractivity contribution < 1.29 is 13.2 Å². The fraction of sp³-hybridized carbons (Fsp3) is 0.375. The highest BCUT2D eigenvalue weighted by Gasteiger charge is 2.49. The number of fused-ring (bicyclic) bond motifs is 3. The minimum atomic E-state index is -3.90. The van der Waals surface area contributed by atoms with E-state index in [1.165, 1.54) is 15.6 Å². The number of aryl methyl sites for hydroxylation is 1. The van der Waals surface area contributed by atoms with Gasteiger partial charge in [0.2, 0.25) is 15.9 Å². The highest BCUT2D eigenvalue weighted by atomic mass is 32.2. The Morgan fingerprint density at radius 1 is 1.24 bits per heavy atom. The molecule has 9 heteroatoms. The zero-order valence-corrected chi connectivity index (χ0v) is 20.1. The number of piperidine rings is 1. The minimum absolute atomic E-state index is 0.159. The SMILES string of the molecule is C=C[C@H]1CN(Cc2ccccn2)C(=O)C2CCCC1N2S(=O)(=O)c1ccc2nc(C)sc2c1. The lowest BCUT2D eigenvalue weighted by atomic mass is 9.90. The number of pyridine rings is 1. The average Bonchev–Trinajstić information content (AvgIpc) is 3.18. The van der Waals surface area contributed by atoms with Crippen LogP contribution in [0.2, 0.25) is 0 Å². The molecule has 172 valence electrons. The van der Waals surface area contributed by atoms with Gasteiger partial charge in [0.05, 0.1) is 32.4 Å². The molecule has 7 nitrogen and oxygen atoms in total. The molecule has 0 radical (unpaired) electrons. The summed E-state index contributed by atoms with van der Waals surface area (Å²) in [6.07, 6.45) is 5.53. The summed E-state index contributed by atoms with van der Waals surface area (Å²) in [6.45, 7) is 6.68. The van der Waals surface area contributed by atoms with Gasteiger partial charge in [-0.25, -0.2) is 13.4 Å². The number of carbonyl (C=O) groups is 1. The van der Waals surface area contributed by atoms with Crippen LogP contribution >= 0.6 is 11.3 Å². The number of aromatic nitrogens is 2. The van der Waals surface area contributed by atoms with E-state index < -0.39 is 16.1 Å². The van der Waals surface area contributed by atoms with Gasteiger partial charge in [-0.15, -0.1) is 17.9 Å². The highest BCUT2D eigenvalue weighted by molar-refractivity contribution is 7.89. The zero-order valence-electron chi connectivity index (χ0n) is 18.4. The summed E-state index contributed by atoms with van der Waals surface area (Å²) in [5.74, 6) is -0.319. The third-order valence-electron chi connectivity index (χ3n) is 6.56. The molecule has 2 bridgehead atoms. The van der Waals surface area contributed by atoms with Crippen LogP contribution in [-0.2, 0) is 21.4 Å². The molecule has 33 heavy (non-hydrogen) atoms. The number of hydrogen-bond donors (Lipinski definition) is 0. The fourth-order valence-electron chi connectivity index (χ4n) is 5.03. The van der Waals surface area contributed by atoms with Crippen molar-refractivity contribution in [2.45, 2.75) is 49.7 Å². The standard InChI is InChI=1S/C24H26N4O3S2/c1-3-17-14-27(15-18-7-4-5-12-25-18)24(29)22-9-6-8-21(17)28(22)33(30,31)19-10-11-20-23(13-19)32-16(2)26-20/h3-5,7,10-13,17,21-22H,1,6,8-9,14-15H2,2H3/t17-,21?,22?/m0/s1. The third-order valence-corrected chi connectivity index (χ3v) is 9.42. The average molecular weight is 483 g/mol. The van der Waals surface area contributed by atoms with Crippen LogP contribution in [0, 0.1) is 12.8 Å². The van der Waals surface area contributed by atoms with E-state index in [9.17, 15) is 13.2 Å². The predicted molar refractivity (Wildman–Crippen MR) is 128 cm³/mol. The number of sulfonamides is 1. The van der Waals surface area contributed by atoms with E-state index >= 15 is 0 Å². The van der Waals surface area contributed by atoms with Crippen molar-refractivity contribution in [3.05, 3.63) is 66.0 Å². The first-order valence-corrected chi connectivity index (χ1v) is 13.4. The van der Waals surface area contributed by atoms with Crippen molar-refractivity contribution in [3.63, 3.8) is 0 Å². The molecule has 3 aromatic rings. The maximum atomic E-state index is 14.0. The largest absolute Gasteiger partial charge is 0.335 e. The second-order valence-corrected chi connectivity index (χ2v) is 11.7. The van der Waals surface area contributed by atoms with Crippen molar-refractivity contribution in [1.82, 2.24) is 19.2 Å². The first-order chi connectivity index (χ1) is 15.9.